The molecule has 6 rings (SSSR count). The van der Waals surface area contributed by atoms with Crippen LogP contribution in [0.15, 0.2) is 78.4 Å². The van der Waals surface area contributed by atoms with Crippen LogP contribution in [0, 0.1) is 12.3 Å². The van der Waals surface area contributed by atoms with E-state index >= 15 is 0 Å². The van der Waals surface area contributed by atoms with Crippen molar-refractivity contribution in [2.45, 2.75) is 25.3 Å². The van der Waals surface area contributed by atoms with Crippen molar-refractivity contribution in [3.05, 3.63) is 89.5 Å². The van der Waals surface area contributed by atoms with Crippen LogP contribution in [0.5, 0.6) is 5.75 Å². The number of benzene rings is 4. The average molecular weight is 430 g/mol. The summed E-state index contributed by atoms with van der Waals surface area (Å²) in [7, 11) is 0. The Labute approximate surface area is 193 Å². The summed E-state index contributed by atoms with van der Waals surface area (Å²) in [5, 5.41) is 8.28. The lowest BCUT2D eigenvalue weighted by Crippen LogP contribution is -2.28. The summed E-state index contributed by atoms with van der Waals surface area (Å²) in [5.41, 5.74) is 5.23. The molecule has 3 nitrogen and oxygen atoms in total. The Balaban J connectivity index is 1.65. The Morgan fingerprint density at radius 3 is 2.45 bits per heavy atom. The van der Waals surface area contributed by atoms with E-state index in [-0.39, 0.29) is 18.4 Å². The van der Waals surface area contributed by atoms with Gasteiger partial charge in [0, 0.05) is 28.8 Å². The van der Waals surface area contributed by atoms with Gasteiger partial charge in [0.1, 0.15) is 12.4 Å². The summed E-state index contributed by atoms with van der Waals surface area (Å²) in [6.07, 6.45) is 7.85. The molecule has 1 heterocycles. The first-order valence-corrected chi connectivity index (χ1v) is 11.4. The zero-order valence-electron chi connectivity index (χ0n) is 18.2. The van der Waals surface area contributed by atoms with Crippen LogP contribution >= 0.6 is 0 Å². The van der Waals surface area contributed by atoms with Gasteiger partial charge in [-0.05, 0) is 52.1 Å². The highest BCUT2D eigenvalue weighted by molar-refractivity contribution is 6.13. The predicted molar refractivity (Wildman–Crippen MR) is 134 cm³/mol. The summed E-state index contributed by atoms with van der Waals surface area (Å²) in [5.74, 6) is 3.51. The van der Waals surface area contributed by atoms with Crippen LogP contribution in [-0.2, 0) is 4.79 Å². The molecular weight excluding hydrogens is 406 g/mol. The quantitative estimate of drug-likeness (QED) is 0.369. The average Bonchev–Trinajstić information content (AvgIpc) is 2.86. The first kappa shape index (κ1) is 19.6. The molecule has 0 spiro atoms. The van der Waals surface area contributed by atoms with Crippen LogP contribution in [0.2, 0.25) is 0 Å². The first-order valence-electron chi connectivity index (χ1n) is 11.4. The summed E-state index contributed by atoms with van der Waals surface area (Å²) in [4.78, 5) is 13.4. The number of rotatable bonds is 3. The largest absolute Gasteiger partial charge is 0.481 e. The van der Waals surface area contributed by atoms with Crippen LogP contribution in [0.1, 0.15) is 36.4 Å². The fourth-order valence-electron chi connectivity index (χ4n) is 5.44. The van der Waals surface area contributed by atoms with E-state index in [2.05, 4.69) is 59.8 Å². The van der Waals surface area contributed by atoms with Crippen molar-refractivity contribution >= 4 is 38.6 Å². The van der Waals surface area contributed by atoms with Crippen LogP contribution in [0.4, 0.5) is 5.69 Å². The number of ketones is 1. The molecule has 4 aromatic carbocycles. The summed E-state index contributed by atoms with van der Waals surface area (Å²) in [6.45, 7) is 0.180. The van der Waals surface area contributed by atoms with E-state index in [1.807, 2.05) is 24.3 Å². The molecule has 1 aliphatic carbocycles. The molecule has 0 saturated carbocycles. The molecule has 4 aromatic rings. The summed E-state index contributed by atoms with van der Waals surface area (Å²) in [6, 6.07) is 24.7. The molecule has 0 bridgehead atoms. The number of carbonyl (C=O) groups excluding carboxylic acids is 1. The van der Waals surface area contributed by atoms with Crippen molar-refractivity contribution in [3.8, 4) is 18.1 Å². The third kappa shape index (κ3) is 3.10. The molecule has 0 aromatic heterocycles. The molecule has 0 fully saturated rings. The molecule has 1 atom stereocenters. The third-order valence-electron chi connectivity index (χ3n) is 6.81. The second-order valence-electron chi connectivity index (χ2n) is 8.65. The number of allylic oxidation sites excluding steroid dienone is 1. The minimum absolute atomic E-state index is 0.180. The summed E-state index contributed by atoms with van der Waals surface area (Å²) >= 11 is 0. The number of hydrogen-bond acceptors (Lipinski definition) is 3. The minimum Gasteiger partial charge on any atom is -0.481 e. The van der Waals surface area contributed by atoms with E-state index in [0.717, 1.165) is 51.8 Å². The summed E-state index contributed by atoms with van der Waals surface area (Å²) < 4.78 is 6.01. The van der Waals surface area contributed by atoms with Crippen LogP contribution < -0.4 is 10.1 Å². The molecule has 0 amide bonds. The maximum absolute atomic E-state index is 13.4. The lowest BCUT2D eigenvalue weighted by atomic mass is 9.76. The zero-order valence-corrected chi connectivity index (χ0v) is 18.2. The van der Waals surface area contributed by atoms with Crippen LogP contribution in [-0.4, -0.2) is 12.4 Å². The van der Waals surface area contributed by atoms with Crippen LogP contribution in [0.25, 0.3) is 27.1 Å². The lowest BCUT2D eigenvalue weighted by Gasteiger charge is -2.36. The van der Waals surface area contributed by atoms with Crippen molar-refractivity contribution in [1.82, 2.24) is 0 Å². The molecule has 0 unspecified atom stereocenters. The molecule has 0 saturated heterocycles. The number of carbonyl (C=O) groups is 1. The van der Waals surface area contributed by atoms with Gasteiger partial charge in [0.2, 0.25) is 0 Å². The van der Waals surface area contributed by atoms with Crippen molar-refractivity contribution < 1.29 is 9.53 Å². The number of terminal acetylenes is 1. The van der Waals surface area contributed by atoms with E-state index in [0.29, 0.717) is 6.42 Å². The monoisotopic (exact) mass is 429 g/mol. The molecular formula is C30H23NO2. The number of hydrogen-bond donors (Lipinski definition) is 1. The Hall–Kier alpha value is -4.03. The highest BCUT2D eigenvalue weighted by Crippen LogP contribution is 2.50. The number of Topliss-reactive ketones (excluding diaryl/α,β-unsaturated/α-hetero) is 1. The molecule has 33 heavy (non-hydrogen) atoms. The SMILES string of the molecule is C#CCOc1ccc2ccccc2c1[C@@H]1Nc2ccc3ccccc3c2C2=C1C(=O)CCC2. The second-order valence-corrected chi connectivity index (χ2v) is 8.65. The minimum atomic E-state index is -0.291. The van der Waals surface area contributed by atoms with Gasteiger partial charge in [-0.2, -0.15) is 0 Å². The second kappa shape index (κ2) is 7.83. The van der Waals surface area contributed by atoms with Gasteiger partial charge in [-0.15, -0.1) is 6.42 Å². The third-order valence-corrected chi connectivity index (χ3v) is 6.81. The topological polar surface area (TPSA) is 38.3 Å². The van der Waals surface area contributed by atoms with Crippen molar-refractivity contribution in [2.75, 3.05) is 11.9 Å². The molecule has 2 aliphatic rings. The van der Waals surface area contributed by atoms with E-state index in [4.69, 9.17) is 11.2 Å². The maximum atomic E-state index is 13.4. The number of fused-ring (bicyclic) bond motifs is 5. The molecule has 1 aliphatic heterocycles. The van der Waals surface area contributed by atoms with Gasteiger partial charge in [-0.25, -0.2) is 0 Å². The van der Waals surface area contributed by atoms with E-state index in [1.165, 1.54) is 16.3 Å². The van der Waals surface area contributed by atoms with E-state index in [9.17, 15) is 4.79 Å². The normalized spacial score (nSPS) is 17.3. The Morgan fingerprint density at radius 1 is 0.909 bits per heavy atom. The number of nitrogens with one attached hydrogen (secondary N) is 1. The van der Waals surface area contributed by atoms with Gasteiger partial charge in [0.15, 0.2) is 5.78 Å². The Bertz CT molecular complexity index is 1510. The first-order chi connectivity index (χ1) is 16.3. The molecule has 160 valence electrons. The highest BCUT2D eigenvalue weighted by atomic mass is 16.5. The van der Waals surface area contributed by atoms with Crippen molar-refractivity contribution in [2.24, 2.45) is 0 Å². The fraction of sp³-hybridized carbons (Fsp3) is 0.167. The van der Waals surface area contributed by atoms with Gasteiger partial charge in [-0.3, -0.25) is 4.79 Å². The van der Waals surface area contributed by atoms with Crippen LogP contribution in [0.3, 0.4) is 0 Å². The highest BCUT2D eigenvalue weighted by Gasteiger charge is 2.37. The van der Waals surface area contributed by atoms with E-state index in [1.54, 1.807) is 0 Å². The maximum Gasteiger partial charge on any atom is 0.161 e. The predicted octanol–water partition coefficient (Wildman–Crippen LogP) is 6.68. The fourth-order valence-corrected chi connectivity index (χ4v) is 5.44. The number of anilines is 1. The number of ether oxygens (including phenoxy) is 1. The van der Waals surface area contributed by atoms with E-state index < -0.39 is 0 Å². The van der Waals surface area contributed by atoms with Gasteiger partial charge < -0.3 is 10.1 Å². The van der Waals surface area contributed by atoms with Gasteiger partial charge >= 0.3 is 0 Å². The van der Waals surface area contributed by atoms with Gasteiger partial charge in [-0.1, -0.05) is 66.6 Å². The lowest BCUT2D eigenvalue weighted by molar-refractivity contribution is -0.116. The van der Waals surface area contributed by atoms with Gasteiger partial charge in [0.05, 0.1) is 6.04 Å². The Kier molecular flexibility index (Phi) is 4.66. The van der Waals surface area contributed by atoms with Gasteiger partial charge in [0.25, 0.3) is 0 Å². The molecule has 3 heteroatoms. The van der Waals surface area contributed by atoms with Crippen molar-refractivity contribution in [1.29, 1.82) is 0 Å². The Morgan fingerprint density at radius 2 is 1.64 bits per heavy atom. The molecule has 1 N–H and O–H groups in total. The van der Waals surface area contributed by atoms with Crippen molar-refractivity contribution in [3.63, 3.8) is 0 Å². The molecule has 0 radical (unpaired) electrons. The standard InChI is InChI=1S/C30H23NO2/c1-2-18-33-26-17-15-20-9-4-6-11-22(20)29(26)30-28-23(12-7-13-25(28)32)27-21-10-5-3-8-19(21)14-16-24(27)31-30/h1,3-6,8-11,14-17,30-31H,7,12-13,18H2/t30-/m1/s1. The smallest absolute Gasteiger partial charge is 0.161 e. The zero-order chi connectivity index (χ0) is 22.4.